The van der Waals surface area contributed by atoms with E-state index in [4.69, 9.17) is 11.6 Å². The SMILES string of the molecule is Fc1ccc(CC(Cl)c2cc(Br)cc(Br)c2)cc1F. The highest BCUT2D eigenvalue weighted by Gasteiger charge is 2.12. The van der Waals surface area contributed by atoms with E-state index in [9.17, 15) is 8.78 Å². The molecule has 0 aliphatic carbocycles. The molecule has 100 valence electrons. The van der Waals surface area contributed by atoms with E-state index in [1.54, 1.807) is 6.07 Å². The second-order valence-corrected chi connectivity index (χ2v) is 6.48. The van der Waals surface area contributed by atoms with Crippen LogP contribution in [0.2, 0.25) is 0 Å². The lowest BCUT2D eigenvalue weighted by Gasteiger charge is -2.11. The molecule has 1 atom stereocenters. The summed E-state index contributed by atoms with van der Waals surface area (Å²) in [5, 5.41) is -0.307. The molecule has 0 amide bonds. The highest BCUT2D eigenvalue weighted by Crippen LogP contribution is 2.30. The number of hydrogen-bond donors (Lipinski definition) is 0. The van der Waals surface area contributed by atoms with E-state index in [0.29, 0.717) is 12.0 Å². The first kappa shape index (κ1) is 14.9. The van der Waals surface area contributed by atoms with Gasteiger partial charge in [0.15, 0.2) is 11.6 Å². The smallest absolute Gasteiger partial charge is 0.159 e. The lowest BCUT2D eigenvalue weighted by atomic mass is 10.0. The molecule has 2 aromatic rings. The van der Waals surface area contributed by atoms with Crippen LogP contribution in [0.25, 0.3) is 0 Å². The van der Waals surface area contributed by atoms with Crippen LogP contribution in [-0.4, -0.2) is 0 Å². The van der Waals surface area contributed by atoms with Gasteiger partial charge in [-0.25, -0.2) is 8.78 Å². The van der Waals surface area contributed by atoms with E-state index in [2.05, 4.69) is 31.9 Å². The van der Waals surface area contributed by atoms with Crippen LogP contribution < -0.4 is 0 Å². The second kappa shape index (κ2) is 6.33. The molecule has 0 aliphatic rings. The normalized spacial score (nSPS) is 12.5. The topological polar surface area (TPSA) is 0 Å². The summed E-state index contributed by atoms with van der Waals surface area (Å²) in [7, 11) is 0. The molecule has 0 N–H and O–H groups in total. The van der Waals surface area contributed by atoms with Gasteiger partial charge in [-0.1, -0.05) is 37.9 Å². The van der Waals surface area contributed by atoms with Crippen molar-refractivity contribution in [3.05, 3.63) is 68.1 Å². The zero-order chi connectivity index (χ0) is 14.0. The van der Waals surface area contributed by atoms with E-state index in [1.807, 2.05) is 18.2 Å². The first-order valence-corrected chi connectivity index (χ1v) is 7.52. The average molecular weight is 410 g/mol. The summed E-state index contributed by atoms with van der Waals surface area (Å²) in [6.07, 6.45) is 0.432. The molecule has 19 heavy (non-hydrogen) atoms. The maximum Gasteiger partial charge on any atom is 0.159 e. The molecule has 0 aliphatic heterocycles. The first-order valence-electron chi connectivity index (χ1n) is 5.49. The third kappa shape index (κ3) is 4.01. The van der Waals surface area contributed by atoms with Gasteiger partial charge in [0.1, 0.15) is 0 Å². The Morgan fingerprint density at radius 3 is 2.16 bits per heavy atom. The fraction of sp³-hybridized carbons (Fsp3) is 0.143. The van der Waals surface area contributed by atoms with E-state index in [1.165, 1.54) is 6.07 Å². The van der Waals surface area contributed by atoms with Gasteiger partial charge in [0.05, 0.1) is 5.38 Å². The van der Waals surface area contributed by atoms with Gasteiger partial charge in [0.25, 0.3) is 0 Å². The largest absolute Gasteiger partial charge is 0.204 e. The highest BCUT2D eigenvalue weighted by atomic mass is 79.9. The summed E-state index contributed by atoms with van der Waals surface area (Å²) >= 11 is 13.1. The average Bonchev–Trinajstić information content (AvgIpc) is 2.32. The number of hydrogen-bond acceptors (Lipinski definition) is 0. The molecule has 0 aromatic heterocycles. The summed E-state index contributed by atoms with van der Waals surface area (Å²) in [5.74, 6) is -1.70. The summed E-state index contributed by atoms with van der Waals surface area (Å²) in [6.45, 7) is 0. The van der Waals surface area contributed by atoms with Crippen molar-refractivity contribution in [1.29, 1.82) is 0 Å². The Bertz CT molecular complexity index is 582. The van der Waals surface area contributed by atoms with Crippen molar-refractivity contribution in [3.63, 3.8) is 0 Å². The maximum atomic E-state index is 13.1. The minimum Gasteiger partial charge on any atom is -0.204 e. The Morgan fingerprint density at radius 1 is 0.947 bits per heavy atom. The lowest BCUT2D eigenvalue weighted by Crippen LogP contribution is -1.98. The van der Waals surface area contributed by atoms with Crippen LogP contribution in [0.4, 0.5) is 8.78 Å². The fourth-order valence-corrected chi connectivity index (χ4v) is 3.38. The summed E-state index contributed by atoms with van der Waals surface area (Å²) in [6, 6.07) is 9.55. The van der Waals surface area contributed by atoms with Crippen molar-refractivity contribution in [3.8, 4) is 0 Å². The number of halogens is 5. The van der Waals surface area contributed by atoms with Crippen molar-refractivity contribution in [1.82, 2.24) is 0 Å². The fourth-order valence-electron chi connectivity index (χ4n) is 1.75. The van der Waals surface area contributed by atoms with Gasteiger partial charge in [0.2, 0.25) is 0 Å². The Balaban J connectivity index is 2.20. The van der Waals surface area contributed by atoms with E-state index >= 15 is 0 Å². The lowest BCUT2D eigenvalue weighted by molar-refractivity contribution is 0.507. The van der Waals surface area contributed by atoms with E-state index < -0.39 is 11.6 Å². The molecule has 0 nitrogen and oxygen atoms in total. The zero-order valence-electron chi connectivity index (χ0n) is 9.64. The second-order valence-electron chi connectivity index (χ2n) is 4.12. The summed E-state index contributed by atoms with van der Waals surface area (Å²) in [5.41, 5.74) is 1.57. The Labute approximate surface area is 132 Å². The highest BCUT2D eigenvalue weighted by molar-refractivity contribution is 9.11. The van der Waals surface area contributed by atoms with E-state index in [0.717, 1.165) is 20.6 Å². The van der Waals surface area contributed by atoms with Crippen molar-refractivity contribution >= 4 is 43.5 Å². The molecule has 2 aromatic carbocycles. The minimum absolute atomic E-state index is 0.307. The third-order valence-corrected chi connectivity index (χ3v) is 3.97. The van der Waals surface area contributed by atoms with Crippen molar-refractivity contribution < 1.29 is 8.78 Å². The predicted octanol–water partition coefficient (Wildman–Crippen LogP) is 6.01. The molecule has 0 heterocycles. The van der Waals surface area contributed by atoms with Crippen LogP contribution in [-0.2, 0) is 6.42 Å². The van der Waals surface area contributed by atoms with Crippen molar-refractivity contribution in [2.24, 2.45) is 0 Å². The summed E-state index contributed by atoms with van der Waals surface area (Å²) < 4.78 is 27.8. The molecule has 0 radical (unpaired) electrons. The molecule has 0 fully saturated rings. The quantitative estimate of drug-likeness (QED) is 0.544. The molecular formula is C14H9Br2ClF2. The Morgan fingerprint density at radius 2 is 1.58 bits per heavy atom. The standard InChI is InChI=1S/C14H9Br2ClF2/c15-10-5-9(6-11(16)7-10)12(17)3-8-1-2-13(18)14(19)4-8/h1-2,4-7,12H,3H2. The monoisotopic (exact) mass is 408 g/mol. The predicted molar refractivity (Wildman–Crippen MR) is 80.5 cm³/mol. The molecule has 0 saturated heterocycles. The van der Waals surface area contributed by atoms with Gasteiger partial charge in [-0.05, 0) is 47.9 Å². The number of alkyl halides is 1. The van der Waals surface area contributed by atoms with Crippen LogP contribution in [0.5, 0.6) is 0 Å². The molecule has 0 spiro atoms. The van der Waals surface area contributed by atoms with Gasteiger partial charge in [-0.15, -0.1) is 11.6 Å². The molecular weight excluding hydrogens is 401 g/mol. The van der Waals surface area contributed by atoms with Gasteiger partial charge in [-0.3, -0.25) is 0 Å². The van der Waals surface area contributed by atoms with Gasteiger partial charge in [0, 0.05) is 8.95 Å². The molecule has 0 saturated carbocycles. The molecule has 1 unspecified atom stereocenters. The van der Waals surface area contributed by atoms with Gasteiger partial charge in [-0.2, -0.15) is 0 Å². The van der Waals surface area contributed by atoms with Crippen LogP contribution in [0.3, 0.4) is 0 Å². The summed E-state index contributed by atoms with van der Waals surface area (Å²) in [4.78, 5) is 0. The Kier molecular flexibility index (Phi) is 4.98. The van der Waals surface area contributed by atoms with E-state index in [-0.39, 0.29) is 5.38 Å². The van der Waals surface area contributed by atoms with Crippen LogP contribution >= 0.6 is 43.5 Å². The van der Waals surface area contributed by atoms with Gasteiger partial charge >= 0.3 is 0 Å². The molecule has 0 bridgehead atoms. The van der Waals surface area contributed by atoms with Crippen molar-refractivity contribution in [2.45, 2.75) is 11.8 Å². The van der Waals surface area contributed by atoms with Crippen LogP contribution in [0, 0.1) is 11.6 Å². The van der Waals surface area contributed by atoms with Crippen molar-refractivity contribution in [2.75, 3.05) is 0 Å². The molecule has 5 heteroatoms. The van der Waals surface area contributed by atoms with Crippen LogP contribution in [0.1, 0.15) is 16.5 Å². The maximum absolute atomic E-state index is 13.1. The number of benzene rings is 2. The minimum atomic E-state index is -0.850. The van der Waals surface area contributed by atoms with Crippen LogP contribution in [0.15, 0.2) is 45.3 Å². The number of rotatable bonds is 3. The molecule has 2 rings (SSSR count). The zero-order valence-corrected chi connectivity index (χ0v) is 13.6. The first-order chi connectivity index (χ1) is 8.95. The Hall–Kier alpha value is -0.450. The van der Waals surface area contributed by atoms with Gasteiger partial charge < -0.3 is 0 Å². The third-order valence-electron chi connectivity index (χ3n) is 2.65.